The molecule has 9 heteroatoms. The number of ether oxygens (including phenoxy) is 1. The monoisotopic (exact) mass is 269 g/mol. The number of aromatic nitrogens is 3. The van der Waals surface area contributed by atoms with Crippen molar-refractivity contribution in [2.75, 3.05) is 18.9 Å². The number of hydrogen-bond donors (Lipinski definition) is 0. The van der Waals surface area contributed by atoms with Gasteiger partial charge in [0.2, 0.25) is 5.91 Å². The molecule has 18 heavy (non-hydrogen) atoms. The zero-order chi connectivity index (χ0) is 13.0. The van der Waals surface area contributed by atoms with Gasteiger partial charge in [0.1, 0.15) is 19.2 Å². The van der Waals surface area contributed by atoms with Crippen LogP contribution < -0.4 is 0 Å². The Morgan fingerprint density at radius 3 is 2.94 bits per heavy atom. The Balaban J connectivity index is 2.10. The number of rotatable bonds is 4. The van der Waals surface area contributed by atoms with Crippen LogP contribution in [-0.2, 0) is 14.3 Å². The van der Waals surface area contributed by atoms with Crippen molar-refractivity contribution in [2.24, 2.45) is 5.10 Å². The summed E-state index contributed by atoms with van der Waals surface area (Å²) in [7, 11) is 0. The van der Waals surface area contributed by atoms with E-state index in [1.165, 1.54) is 34.0 Å². The first-order valence-electron chi connectivity index (χ1n) is 5.23. The Kier molecular flexibility index (Phi) is 3.92. The highest BCUT2D eigenvalue weighted by atomic mass is 32.2. The molecule has 0 atom stereocenters. The molecular formula is C9H11N5O3S. The first kappa shape index (κ1) is 12.6. The van der Waals surface area contributed by atoms with Gasteiger partial charge in [0.25, 0.3) is 0 Å². The van der Waals surface area contributed by atoms with Crippen LogP contribution in [0.25, 0.3) is 0 Å². The van der Waals surface area contributed by atoms with Gasteiger partial charge < -0.3 is 4.74 Å². The van der Waals surface area contributed by atoms with Crippen molar-refractivity contribution in [2.45, 2.75) is 6.92 Å². The molecule has 0 spiro atoms. The van der Waals surface area contributed by atoms with Crippen LogP contribution >= 0.6 is 11.8 Å². The molecule has 2 rings (SSSR count). The van der Waals surface area contributed by atoms with E-state index in [0.717, 1.165) is 0 Å². The van der Waals surface area contributed by atoms with Gasteiger partial charge in [0.15, 0.2) is 5.17 Å². The normalized spacial score (nSPS) is 17.5. The lowest BCUT2D eigenvalue weighted by Gasteiger charge is -2.14. The van der Waals surface area contributed by atoms with Crippen molar-refractivity contribution in [3.63, 3.8) is 0 Å². The summed E-state index contributed by atoms with van der Waals surface area (Å²) in [4.78, 5) is 24.3. The van der Waals surface area contributed by atoms with E-state index in [4.69, 9.17) is 4.74 Å². The Bertz CT molecular complexity index is 473. The molecule has 1 fully saturated rings. The summed E-state index contributed by atoms with van der Waals surface area (Å²) in [6.07, 6.45) is 2.80. The molecule has 1 aliphatic rings. The van der Waals surface area contributed by atoms with Gasteiger partial charge in [-0.25, -0.2) is 4.68 Å². The van der Waals surface area contributed by atoms with Gasteiger partial charge in [-0.05, 0) is 6.92 Å². The van der Waals surface area contributed by atoms with Gasteiger partial charge in [-0.1, -0.05) is 11.8 Å². The fraction of sp³-hybridized carbons (Fsp3) is 0.444. The summed E-state index contributed by atoms with van der Waals surface area (Å²) in [5.74, 6) is -0.356. The molecule has 96 valence electrons. The van der Waals surface area contributed by atoms with E-state index in [1.54, 1.807) is 6.92 Å². The van der Waals surface area contributed by atoms with Gasteiger partial charge >= 0.3 is 5.97 Å². The van der Waals surface area contributed by atoms with Crippen molar-refractivity contribution in [1.82, 2.24) is 19.8 Å². The molecule has 0 radical (unpaired) electrons. The minimum Gasteiger partial charge on any atom is -0.465 e. The first-order valence-corrected chi connectivity index (χ1v) is 6.21. The van der Waals surface area contributed by atoms with Gasteiger partial charge in [0, 0.05) is 0 Å². The number of thioether (sulfide) groups is 1. The molecular weight excluding hydrogens is 258 g/mol. The van der Waals surface area contributed by atoms with Crippen LogP contribution in [0.15, 0.2) is 17.8 Å². The minimum absolute atomic E-state index is 0.124. The van der Waals surface area contributed by atoms with E-state index in [-0.39, 0.29) is 24.8 Å². The topological polar surface area (TPSA) is 89.7 Å². The zero-order valence-corrected chi connectivity index (χ0v) is 10.5. The molecule has 0 saturated carbocycles. The lowest BCUT2D eigenvalue weighted by Crippen LogP contribution is -2.35. The number of carbonyl (C=O) groups is 2. The lowest BCUT2D eigenvalue weighted by molar-refractivity contribution is -0.145. The number of esters is 1. The molecule has 1 amide bonds. The molecule has 0 N–H and O–H groups in total. The summed E-state index contributed by atoms with van der Waals surface area (Å²) in [6.45, 7) is 1.87. The van der Waals surface area contributed by atoms with Crippen LogP contribution in [-0.4, -0.2) is 55.7 Å². The Morgan fingerprint density at radius 1 is 1.56 bits per heavy atom. The summed E-state index contributed by atoms with van der Waals surface area (Å²) in [5, 5.41) is 11.8. The Morgan fingerprint density at radius 2 is 2.28 bits per heavy atom. The standard InChI is InChI=1S/C9H11N5O3S/c1-2-17-8(16)3-14-7(15)4-18-9(14)12-13-5-10-11-6-13/h5-6H,2-4H2,1H3/b12-9-. The highest BCUT2D eigenvalue weighted by Crippen LogP contribution is 2.19. The predicted molar refractivity (Wildman–Crippen MR) is 63.7 cm³/mol. The van der Waals surface area contributed by atoms with Crippen molar-refractivity contribution in [3.8, 4) is 0 Å². The SMILES string of the molecule is CCOC(=O)CN1C(=O)CS/C1=N\n1cnnc1. The number of carbonyl (C=O) groups excluding carboxylic acids is 2. The van der Waals surface area contributed by atoms with Crippen LogP contribution in [0.4, 0.5) is 0 Å². The van der Waals surface area contributed by atoms with Gasteiger partial charge in [0.05, 0.1) is 12.4 Å². The Hall–Kier alpha value is -1.90. The number of amidine groups is 1. The third-order valence-electron chi connectivity index (χ3n) is 2.06. The van der Waals surface area contributed by atoms with Crippen LogP contribution in [0.3, 0.4) is 0 Å². The number of amides is 1. The van der Waals surface area contributed by atoms with Crippen molar-refractivity contribution in [1.29, 1.82) is 0 Å². The average molecular weight is 269 g/mol. The van der Waals surface area contributed by atoms with E-state index in [2.05, 4.69) is 15.3 Å². The van der Waals surface area contributed by atoms with E-state index in [9.17, 15) is 9.59 Å². The third kappa shape index (κ3) is 2.86. The van der Waals surface area contributed by atoms with E-state index < -0.39 is 5.97 Å². The molecule has 2 heterocycles. The average Bonchev–Trinajstić information content (AvgIpc) is 2.94. The summed E-state index contributed by atoms with van der Waals surface area (Å²) in [6, 6.07) is 0. The predicted octanol–water partition coefficient (Wildman–Crippen LogP) is -0.464. The highest BCUT2D eigenvalue weighted by Gasteiger charge is 2.30. The fourth-order valence-corrected chi connectivity index (χ4v) is 2.19. The van der Waals surface area contributed by atoms with Crippen LogP contribution in [0.2, 0.25) is 0 Å². The summed E-state index contributed by atoms with van der Waals surface area (Å²) >= 11 is 1.26. The highest BCUT2D eigenvalue weighted by molar-refractivity contribution is 8.15. The van der Waals surface area contributed by atoms with E-state index in [0.29, 0.717) is 5.17 Å². The second-order valence-electron chi connectivity index (χ2n) is 3.30. The fourth-order valence-electron chi connectivity index (χ4n) is 1.31. The molecule has 0 aromatic carbocycles. The maximum Gasteiger partial charge on any atom is 0.326 e. The molecule has 0 aliphatic carbocycles. The van der Waals surface area contributed by atoms with Gasteiger partial charge in [-0.3, -0.25) is 14.5 Å². The van der Waals surface area contributed by atoms with Gasteiger partial charge in [-0.2, -0.15) is 0 Å². The molecule has 1 aromatic rings. The zero-order valence-electron chi connectivity index (χ0n) is 9.65. The second kappa shape index (κ2) is 5.63. The van der Waals surface area contributed by atoms with Gasteiger partial charge in [-0.15, -0.1) is 15.3 Å². The summed E-state index contributed by atoms with van der Waals surface area (Å²) < 4.78 is 6.18. The van der Waals surface area contributed by atoms with Crippen molar-refractivity contribution < 1.29 is 14.3 Å². The van der Waals surface area contributed by atoms with E-state index >= 15 is 0 Å². The molecule has 1 aliphatic heterocycles. The molecule has 1 saturated heterocycles. The quantitative estimate of drug-likeness (QED) is 0.687. The summed E-state index contributed by atoms with van der Waals surface area (Å²) in [5.41, 5.74) is 0. The third-order valence-corrected chi connectivity index (χ3v) is 3.01. The van der Waals surface area contributed by atoms with Crippen molar-refractivity contribution in [3.05, 3.63) is 12.7 Å². The lowest BCUT2D eigenvalue weighted by atomic mass is 10.5. The first-order chi connectivity index (χ1) is 8.70. The smallest absolute Gasteiger partial charge is 0.326 e. The van der Waals surface area contributed by atoms with Crippen molar-refractivity contribution >= 4 is 28.8 Å². The van der Waals surface area contributed by atoms with Crippen LogP contribution in [0.1, 0.15) is 6.92 Å². The largest absolute Gasteiger partial charge is 0.465 e. The Labute approximate surface area is 107 Å². The van der Waals surface area contributed by atoms with Crippen LogP contribution in [0.5, 0.6) is 0 Å². The maximum absolute atomic E-state index is 11.6. The number of nitrogens with zero attached hydrogens (tertiary/aromatic N) is 5. The molecule has 0 bridgehead atoms. The van der Waals surface area contributed by atoms with Crippen LogP contribution in [0, 0.1) is 0 Å². The maximum atomic E-state index is 11.6. The second-order valence-corrected chi connectivity index (χ2v) is 4.24. The van der Waals surface area contributed by atoms with E-state index in [1.807, 2.05) is 0 Å². The number of hydrogen-bond acceptors (Lipinski definition) is 7. The molecule has 1 aromatic heterocycles. The minimum atomic E-state index is -0.454. The molecule has 8 nitrogen and oxygen atoms in total. The molecule has 0 unspecified atom stereocenters.